The first-order valence-corrected chi connectivity index (χ1v) is 8.53. The standard InChI is InChI=1S/C19H25N3O3.ClH/c1-3-9-24-17-6-5-15(12-18(17)25-10-4-2)22-19(23)14-7-8-21-16(11-14)13-20;/h5-8,11-12H,3-4,9-10,13,20H2,1-2H3,(H,22,23);1H. The summed E-state index contributed by atoms with van der Waals surface area (Å²) in [5.74, 6) is 1.09. The minimum absolute atomic E-state index is 0. The summed E-state index contributed by atoms with van der Waals surface area (Å²) in [4.78, 5) is 16.5. The summed E-state index contributed by atoms with van der Waals surface area (Å²) in [6.07, 6.45) is 3.38. The largest absolute Gasteiger partial charge is 0.490 e. The van der Waals surface area contributed by atoms with Crippen LogP contribution < -0.4 is 20.5 Å². The Kier molecular flexibility index (Phi) is 9.47. The van der Waals surface area contributed by atoms with Gasteiger partial charge in [-0.25, -0.2) is 0 Å². The minimum atomic E-state index is -0.222. The van der Waals surface area contributed by atoms with Crippen molar-refractivity contribution in [3.8, 4) is 11.5 Å². The number of nitrogens with zero attached hydrogens (tertiary/aromatic N) is 1. The Morgan fingerprint density at radius 1 is 1.08 bits per heavy atom. The van der Waals surface area contributed by atoms with Gasteiger partial charge in [-0.1, -0.05) is 13.8 Å². The van der Waals surface area contributed by atoms with E-state index >= 15 is 0 Å². The number of carbonyl (C=O) groups is 1. The van der Waals surface area contributed by atoms with E-state index < -0.39 is 0 Å². The molecule has 6 nitrogen and oxygen atoms in total. The number of hydrogen-bond donors (Lipinski definition) is 2. The van der Waals surface area contributed by atoms with Gasteiger partial charge < -0.3 is 20.5 Å². The van der Waals surface area contributed by atoms with Gasteiger partial charge in [-0.3, -0.25) is 9.78 Å². The lowest BCUT2D eigenvalue weighted by Gasteiger charge is -2.14. The van der Waals surface area contributed by atoms with Crippen LogP contribution in [0.3, 0.4) is 0 Å². The first-order valence-electron chi connectivity index (χ1n) is 8.53. The quantitative estimate of drug-likeness (QED) is 0.692. The summed E-state index contributed by atoms with van der Waals surface area (Å²) in [6.45, 7) is 5.58. The maximum atomic E-state index is 12.4. The third-order valence-corrected chi connectivity index (χ3v) is 3.41. The fourth-order valence-corrected chi connectivity index (χ4v) is 2.18. The second kappa shape index (κ2) is 11.3. The van der Waals surface area contributed by atoms with Gasteiger partial charge in [0.25, 0.3) is 5.91 Å². The average molecular weight is 380 g/mol. The van der Waals surface area contributed by atoms with Crippen LogP contribution in [0, 0.1) is 0 Å². The second-order valence-electron chi connectivity index (χ2n) is 5.55. The van der Waals surface area contributed by atoms with Crippen LogP contribution in [0.4, 0.5) is 5.69 Å². The Bertz CT molecular complexity index is 710. The van der Waals surface area contributed by atoms with Crippen molar-refractivity contribution in [2.45, 2.75) is 33.2 Å². The molecule has 142 valence electrons. The van der Waals surface area contributed by atoms with Gasteiger partial charge in [0.05, 0.1) is 18.9 Å². The Labute approximate surface area is 160 Å². The van der Waals surface area contributed by atoms with E-state index in [1.807, 2.05) is 19.9 Å². The Hall–Kier alpha value is -2.31. The molecule has 1 amide bonds. The Morgan fingerprint density at radius 3 is 2.42 bits per heavy atom. The summed E-state index contributed by atoms with van der Waals surface area (Å²) in [6, 6.07) is 8.73. The predicted octanol–water partition coefficient (Wildman–Crippen LogP) is 3.79. The average Bonchev–Trinajstić information content (AvgIpc) is 2.65. The second-order valence-corrected chi connectivity index (χ2v) is 5.55. The van der Waals surface area contributed by atoms with E-state index in [9.17, 15) is 4.79 Å². The maximum absolute atomic E-state index is 12.4. The number of pyridine rings is 1. The van der Waals surface area contributed by atoms with E-state index in [2.05, 4.69) is 10.3 Å². The molecular formula is C19H26ClN3O3. The van der Waals surface area contributed by atoms with Crippen LogP contribution in [0.1, 0.15) is 42.7 Å². The van der Waals surface area contributed by atoms with Crippen LogP contribution in [-0.2, 0) is 6.54 Å². The molecule has 2 aromatic rings. The number of halogens is 1. The fourth-order valence-electron chi connectivity index (χ4n) is 2.18. The van der Waals surface area contributed by atoms with E-state index in [0.717, 1.165) is 12.8 Å². The molecule has 0 unspecified atom stereocenters. The third kappa shape index (κ3) is 6.20. The van der Waals surface area contributed by atoms with Gasteiger partial charge in [-0.15, -0.1) is 12.4 Å². The van der Waals surface area contributed by atoms with Gasteiger partial charge in [-0.05, 0) is 37.1 Å². The molecule has 3 N–H and O–H groups in total. The molecule has 0 saturated carbocycles. The topological polar surface area (TPSA) is 86.5 Å². The van der Waals surface area contributed by atoms with Crippen LogP contribution in [0.2, 0.25) is 0 Å². The minimum Gasteiger partial charge on any atom is -0.490 e. The molecule has 0 fully saturated rings. The highest BCUT2D eigenvalue weighted by atomic mass is 35.5. The zero-order valence-corrected chi connectivity index (χ0v) is 16.0. The van der Waals surface area contributed by atoms with E-state index in [1.54, 1.807) is 30.5 Å². The molecule has 26 heavy (non-hydrogen) atoms. The van der Waals surface area contributed by atoms with Crippen molar-refractivity contribution in [2.75, 3.05) is 18.5 Å². The third-order valence-electron chi connectivity index (χ3n) is 3.41. The Balaban J connectivity index is 0.00000338. The number of nitrogens with one attached hydrogen (secondary N) is 1. The van der Waals surface area contributed by atoms with E-state index in [-0.39, 0.29) is 18.3 Å². The van der Waals surface area contributed by atoms with Gasteiger partial charge in [0.15, 0.2) is 11.5 Å². The lowest BCUT2D eigenvalue weighted by atomic mass is 10.2. The molecule has 1 heterocycles. The monoisotopic (exact) mass is 379 g/mol. The van der Waals surface area contributed by atoms with E-state index in [1.165, 1.54) is 0 Å². The van der Waals surface area contributed by atoms with Crippen molar-refractivity contribution in [2.24, 2.45) is 5.73 Å². The maximum Gasteiger partial charge on any atom is 0.255 e. The van der Waals surface area contributed by atoms with Gasteiger partial charge >= 0.3 is 0 Å². The number of aromatic nitrogens is 1. The molecule has 0 saturated heterocycles. The number of carbonyl (C=O) groups excluding carboxylic acids is 1. The summed E-state index contributed by atoms with van der Waals surface area (Å²) >= 11 is 0. The molecule has 0 spiro atoms. The van der Waals surface area contributed by atoms with Crippen LogP contribution in [-0.4, -0.2) is 24.1 Å². The molecule has 7 heteroatoms. The molecule has 0 aliphatic heterocycles. The lowest BCUT2D eigenvalue weighted by Crippen LogP contribution is -2.13. The summed E-state index contributed by atoms with van der Waals surface area (Å²) in [5.41, 5.74) is 7.40. The highest BCUT2D eigenvalue weighted by molar-refractivity contribution is 6.04. The number of anilines is 1. The Morgan fingerprint density at radius 2 is 1.77 bits per heavy atom. The smallest absolute Gasteiger partial charge is 0.255 e. The van der Waals surface area contributed by atoms with E-state index in [4.69, 9.17) is 15.2 Å². The molecule has 1 aromatic carbocycles. The van der Waals surface area contributed by atoms with Crippen LogP contribution in [0.25, 0.3) is 0 Å². The van der Waals surface area contributed by atoms with Crippen LogP contribution in [0.15, 0.2) is 36.5 Å². The van der Waals surface area contributed by atoms with E-state index in [0.29, 0.717) is 48.2 Å². The van der Waals surface area contributed by atoms with Crippen molar-refractivity contribution >= 4 is 24.0 Å². The fraction of sp³-hybridized carbons (Fsp3) is 0.368. The lowest BCUT2D eigenvalue weighted by molar-refractivity contribution is 0.102. The normalized spacial score (nSPS) is 9.96. The predicted molar refractivity (Wildman–Crippen MR) is 105 cm³/mol. The highest BCUT2D eigenvalue weighted by Gasteiger charge is 2.11. The van der Waals surface area contributed by atoms with Crippen molar-refractivity contribution in [1.82, 2.24) is 4.98 Å². The molecule has 0 aliphatic carbocycles. The zero-order chi connectivity index (χ0) is 18.1. The zero-order valence-electron chi connectivity index (χ0n) is 15.2. The number of benzene rings is 1. The summed E-state index contributed by atoms with van der Waals surface area (Å²) in [7, 11) is 0. The van der Waals surface area contributed by atoms with Crippen molar-refractivity contribution in [1.29, 1.82) is 0 Å². The highest BCUT2D eigenvalue weighted by Crippen LogP contribution is 2.31. The van der Waals surface area contributed by atoms with Crippen LogP contribution in [0.5, 0.6) is 11.5 Å². The van der Waals surface area contributed by atoms with Crippen molar-refractivity contribution in [3.05, 3.63) is 47.8 Å². The molecule has 2 rings (SSSR count). The molecule has 0 bridgehead atoms. The molecular weight excluding hydrogens is 354 g/mol. The van der Waals surface area contributed by atoms with Gasteiger partial charge in [-0.2, -0.15) is 0 Å². The first kappa shape index (κ1) is 21.7. The van der Waals surface area contributed by atoms with Gasteiger partial charge in [0.2, 0.25) is 0 Å². The number of hydrogen-bond acceptors (Lipinski definition) is 5. The van der Waals surface area contributed by atoms with Crippen molar-refractivity contribution < 1.29 is 14.3 Å². The number of nitrogens with two attached hydrogens (primary N) is 1. The van der Waals surface area contributed by atoms with Gasteiger partial charge in [0.1, 0.15) is 0 Å². The van der Waals surface area contributed by atoms with Gasteiger partial charge in [0, 0.05) is 30.1 Å². The molecule has 1 aromatic heterocycles. The van der Waals surface area contributed by atoms with Crippen molar-refractivity contribution in [3.63, 3.8) is 0 Å². The number of rotatable bonds is 9. The molecule has 0 radical (unpaired) electrons. The van der Waals surface area contributed by atoms with Crippen LogP contribution >= 0.6 is 12.4 Å². The number of amides is 1. The molecule has 0 aliphatic rings. The summed E-state index contributed by atoms with van der Waals surface area (Å²) in [5, 5.41) is 2.87. The first-order chi connectivity index (χ1) is 12.2. The molecule has 0 atom stereocenters. The number of ether oxygens (including phenoxy) is 2. The SMILES string of the molecule is CCCOc1ccc(NC(=O)c2ccnc(CN)c2)cc1OCCC.Cl. The summed E-state index contributed by atoms with van der Waals surface area (Å²) < 4.78 is 11.4.